The molecule has 17 heavy (non-hydrogen) atoms. The zero-order chi connectivity index (χ0) is 11.8. The summed E-state index contributed by atoms with van der Waals surface area (Å²) in [4.78, 5) is 14.4. The van der Waals surface area contributed by atoms with Gasteiger partial charge in [-0.25, -0.2) is 0 Å². The summed E-state index contributed by atoms with van der Waals surface area (Å²) < 4.78 is 5.63. The van der Waals surface area contributed by atoms with E-state index in [2.05, 4.69) is 5.32 Å². The second kappa shape index (κ2) is 4.58. The highest BCUT2D eigenvalue weighted by Gasteiger charge is 2.49. The van der Waals surface area contributed by atoms with Crippen LogP contribution in [0.15, 0.2) is 0 Å². The van der Waals surface area contributed by atoms with Crippen LogP contribution in [-0.2, 0) is 9.53 Å². The number of ether oxygens (including phenoxy) is 1. The summed E-state index contributed by atoms with van der Waals surface area (Å²) >= 11 is 0. The molecule has 1 amide bonds. The van der Waals surface area contributed by atoms with Crippen LogP contribution >= 0.6 is 0 Å². The number of rotatable bonds is 3. The van der Waals surface area contributed by atoms with E-state index in [0.717, 1.165) is 44.3 Å². The Morgan fingerprint density at radius 3 is 2.82 bits per heavy atom. The van der Waals surface area contributed by atoms with Crippen LogP contribution in [0.25, 0.3) is 0 Å². The first-order valence-corrected chi connectivity index (χ1v) is 6.83. The molecule has 0 aromatic carbocycles. The first-order valence-electron chi connectivity index (χ1n) is 6.83. The normalized spacial score (nSPS) is 40.2. The van der Waals surface area contributed by atoms with E-state index in [-0.39, 0.29) is 6.10 Å². The van der Waals surface area contributed by atoms with Crippen molar-refractivity contribution in [2.24, 2.45) is 17.8 Å². The summed E-state index contributed by atoms with van der Waals surface area (Å²) in [5.41, 5.74) is 0. The monoisotopic (exact) mass is 238 g/mol. The van der Waals surface area contributed by atoms with Crippen molar-refractivity contribution in [2.75, 3.05) is 33.3 Å². The molecule has 3 rings (SSSR count). The van der Waals surface area contributed by atoms with Crippen LogP contribution in [0.4, 0.5) is 0 Å². The van der Waals surface area contributed by atoms with E-state index in [1.165, 1.54) is 6.42 Å². The summed E-state index contributed by atoms with van der Waals surface area (Å²) in [6.07, 6.45) is 3.86. The van der Waals surface area contributed by atoms with Gasteiger partial charge in [0.05, 0.1) is 12.7 Å². The van der Waals surface area contributed by atoms with Crippen LogP contribution in [0.3, 0.4) is 0 Å². The molecule has 2 aliphatic carbocycles. The highest BCUT2D eigenvalue weighted by Crippen LogP contribution is 2.54. The Hall–Kier alpha value is -0.610. The number of fused-ring (bicyclic) bond motifs is 1. The molecule has 4 nitrogen and oxygen atoms in total. The fourth-order valence-corrected chi connectivity index (χ4v) is 3.45. The van der Waals surface area contributed by atoms with Crippen molar-refractivity contribution in [3.8, 4) is 0 Å². The van der Waals surface area contributed by atoms with Crippen molar-refractivity contribution in [2.45, 2.75) is 25.4 Å². The van der Waals surface area contributed by atoms with Crippen LogP contribution in [0, 0.1) is 17.8 Å². The van der Waals surface area contributed by atoms with Crippen LogP contribution < -0.4 is 5.32 Å². The molecule has 3 atom stereocenters. The minimum atomic E-state index is 0.175. The number of amides is 1. The summed E-state index contributed by atoms with van der Waals surface area (Å²) in [7, 11) is 1.93. The molecule has 0 aromatic rings. The van der Waals surface area contributed by atoms with Gasteiger partial charge in [-0.2, -0.15) is 0 Å². The van der Waals surface area contributed by atoms with Gasteiger partial charge in [-0.15, -0.1) is 0 Å². The van der Waals surface area contributed by atoms with Crippen LogP contribution in [0.5, 0.6) is 0 Å². The number of hydrogen-bond acceptors (Lipinski definition) is 3. The van der Waals surface area contributed by atoms with E-state index in [1.54, 1.807) is 0 Å². The van der Waals surface area contributed by atoms with Crippen LogP contribution in [-0.4, -0.2) is 50.2 Å². The largest absolute Gasteiger partial charge is 0.373 e. The van der Waals surface area contributed by atoms with Crippen molar-refractivity contribution in [1.82, 2.24) is 10.2 Å². The molecule has 0 radical (unpaired) electrons. The second-order valence-electron chi connectivity index (χ2n) is 5.76. The van der Waals surface area contributed by atoms with Crippen molar-refractivity contribution in [1.29, 1.82) is 0 Å². The Bertz CT molecular complexity index is 296. The molecule has 1 heterocycles. The van der Waals surface area contributed by atoms with E-state index < -0.39 is 0 Å². The van der Waals surface area contributed by atoms with Gasteiger partial charge in [0.25, 0.3) is 0 Å². The van der Waals surface area contributed by atoms with E-state index in [9.17, 15) is 4.79 Å². The van der Waals surface area contributed by atoms with Crippen LogP contribution in [0.1, 0.15) is 19.3 Å². The van der Waals surface area contributed by atoms with Gasteiger partial charge in [-0.1, -0.05) is 0 Å². The zero-order valence-corrected chi connectivity index (χ0v) is 10.5. The molecule has 1 N–H and O–H groups in total. The van der Waals surface area contributed by atoms with E-state index in [4.69, 9.17) is 4.74 Å². The third-order valence-electron chi connectivity index (χ3n) is 4.48. The lowest BCUT2D eigenvalue weighted by Gasteiger charge is -2.34. The maximum Gasteiger partial charge on any atom is 0.225 e. The fraction of sp³-hybridized carbons (Fsp3) is 0.923. The highest BCUT2D eigenvalue weighted by atomic mass is 16.5. The molecule has 0 aromatic heterocycles. The molecule has 3 fully saturated rings. The number of carbonyl (C=O) groups is 1. The Labute approximate surface area is 103 Å². The first kappa shape index (κ1) is 11.5. The maximum atomic E-state index is 12.4. The molecular weight excluding hydrogens is 216 g/mol. The van der Waals surface area contributed by atoms with Gasteiger partial charge in [0.15, 0.2) is 0 Å². The average molecular weight is 238 g/mol. The fourth-order valence-electron chi connectivity index (χ4n) is 3.45. The van der Waals surface area contributed by atoms with Gasteiger partial charge in [-0.05, 0) is 38.1 Å². The van der Waals surface area contributed by atoms with Gasteiger partial charge >= 0.3 is 0 Å². The lowest BCUT2D eigenvalue weighted by atomic mass is 10.0. The van der Waals surface area contributed by atoms with Crippen LogP contribution in [0.2, 0.25) is 0 Å². The van der Waals surface area contributed by atoms with Gasteiger partial charge in [0.1, 0.15) is 0 Å². The molecular formula is C13H22N2O2. The molecule has 0 bridgehead atoms. The molecule has 96 valence electrons. The van der Waals surface area contributed by atoms with Crippen molar-refractivity contribution in [3.63, 3.8) is 0 Å². The molecule has 3 aliphatic rings. The summed E-state index contributed by atoms with van der Waals surface area (Å²) in [6.45, 7) is 3.08. The van der Waals surface area contributed by atoms with E-state index in [1.807, 2.05) is 11.9 Å². The Kier molecular flexibility index (Phi) is 3.09. The lowest BCUT2D eigenvalue weighted by Crippen LogP contribution is -2.50. The van der Waals surface area contributed by atoms with Gasteiger partial charge < -0.3 is 15.0 Å². The van der Waals surface area contributed by atoms with Gasteiger partial charge in [-0.3, -0.25) is 4.79 Å². The topological polar surface area (TPSA) is 41.6 Å². The third kappa shape index (κ3) is 2.33. The third-order valence-corrected chi connectivity index (χ3v) is 4.48. The Balaban J connectivity index is 1.54. The lowest BCUT2D eigenvalue weighted by molar-refractivity contribution is -0.143. The van der Waals surface area contributed by atoms with Crippen molar-refractivity contribution >= 4 is 5.91 Å². The number of carbonyl (C=O) groups excluding carboxylic acids is 1. The summed E-state index contributed by atoms with van der Waals surface area (Å²) in [6, 6.07) is 0. The standard InChI is InChI=1S/C13H22N2O2/c1-14-7-12-8-15(2-3-17-12)13(16)11-5-9-4-10(9)6-11/h9-12,14H,2-8H2,1H3. The Morgan fingerprint density at radius 2 is 2.12 bits per heavy atom. The van der Waals surface area contributed by atoms with Crippen molar-refractivity contribution in [3.05, 3.63) is 0 Å². The molecule has 3 unspecified atom stereocenters. The predicted octanol–water partition coefficient (Wildman–Crippen LogP) is 0.479. The number of likely N-dealkylation sites (N-methyl/N-ethyl adjacent to an activating group) is 1. The predicted molar refractivity (Wildman–Crippen MR) is 64.6 cm³/mol. The molecule has 2 saturated carbocycles. The zero-order valence-electron chi connectivity index (χ0n) is 10.5. The Morgan fingerprint density at radius 1 is 1.35 bits per heavy atom. The summed E-state index contributed by atoms with van der Waals surface area (Å²) in [5.74, 6) is 2.49. The number of nitrogens with zero attached hydrogens (tertiary/aromatic N) is 1. The SMILES string of the molecule is CNCC1CN(C(=O)C2CC3CC3C2)CCO1. The quantitative estimate of drug-likeness (QED) is 0.777. The van der Waals surface area contributed by atoms with E-state index >= 15 is 0 Å². The summed E-state index contributed by atoms with van der Waals surface area (Å²) in [5, 5.41) is 3.12. The second-order valence-corrected chi connectivity index (χ2v) is 5.76. The average Bonchev–Trinajstić information content (AvgIpc) is 2.96. The molecule has 1 saturated heterocycles. The minimum absolute atomic E-state index is 0.175. The van der Waals surface area contributed by atoms with E-state index in [0.29, 0.717) is 18.4 Å². The minimum Gasteiger partial charge on any atom is -0.373 e. The first-order chi connectivity index (χ1) is 8.28. The smallest absolute Gasteiger partial charge is 0.225 e. The molecule has 1 aliphatic heterocycles. The number of nitrogens with one attached hydrogen (secondary N) is 1. The van der Waals surface area contributed by atoms with Gasteiger partial charge in [0.2, 0.25) is 5.91 Å². The molecule has 4 heteroatoms. The maximum absolute atomic E-state index is 12.4. The molecule has 0 spiro atoms. The van der Waals surface area contributed by atoms with Crippen molar-refractivity contribution < 1.29 is 9.53 Å². The highest BCUT2D eigenvalue weighted by molar-refractivity contribution is 5.79. The number of hydrogen-bond donors (Lipinski definition) is 1. The van der Waals surface area contributed by atoms with Gasteiger partial charge in [0, 0.05) is 25.6 Å². The number of morpholine rings is 1.